The van der Waals surface area contributed by atoms with Gasteiger partial charge in [0.2, 0.25) is 11.9 Å². The van der Waals surface area contributed by atoms with Gasteiger partial charge in [-0.2, -0.15) is 15.0 Å². The van der Waals surface area contributed by atoms with Crippen LogP contribution in [0.5, 0.6) is 0 Å². The van der Waals surface area contributed by atoms with Crippen molar-refractivity contribution >= 4 is 11.9 Å². The quantitative estimate of drug-likeness (QED) is 0.378. The molecular weight excluding hydrogens is 394 g/mol. The van der Waals surface area contributed by atoms with E-state index < -0.39 is 0 Å². The molecule has 1 heterocycles. The molecule has 0 atom stereocenters. The van der Waals surface area contributed by atoms with E-state index in [2.05, 4.69) is 84.9 Å². The fraction of sp³-hybridized carbons (Fsp3) is 0.222. The summed E-state index contributed by atoms with van der Waals surface area (Å²) in [6.45, 7) is 7.92. The summed E-state index contributed by atoms with van der Waals surface area (Å²) in [7, 11) is 0. The molecule has 0 aliphatic heterocycles. The van der Waals surface area contributed by atoms with Crippen molar-refractivity contribution in [3.63, 3.8) is 0 Å². The molecule has 5 nitrogen and oxygen atoms in total. The smallest absolute Gasteiger partial charge is 0.228 e. The van der Waals surface area contributed by atoms with Crippen molar-refractivity contribution in [3.05, 3.63) is 102 Å². The standard InChI is InChI=1S/C27H29N5/c1-27(2,3)23-16-14-22(15-17-23)24-30-25(28-18-20-10-6-4-7-11-20)32-26(31-24)29-19-21-12-8-5-9-13-21/h4-17H,18-19H2,1-3H3,(H2,28,29,30,31,32). The van der Waals surface area contributed by atoms with Gasteiger partial charge in [-0.3, -0.25) is 0 Å². The third-order valence-corrected chi connectivity index (χ3v) is 5.23. The van der Waals surface area contributed by atoms with E-state index in [1.165, 1.54) is 16.7 Å². The summed E-state index contributed by atoms with van der Waals surface area (Å²) in [4.78, 5) is 14.0. The second-order valence-corrected chi connectivity index (χ2v) is 8.81. The minimum atomic E-state index is 0.0996. The molecular formula is C27H29N5. The summed E-state index contributed by atoms with van der Waals surface area (Å²) >= 11 is 0. The van der Waals surface area contributed by atoms with E-state index in [9.17, 15) is 0 Å². The number of benzene rings is 3. The summed E-state index contributed by atoms with van der Waals surface area (Å²) in [5.41, 5.74) is 4.68. The third-order valence-electron chi connectivity index (χ3n) is 5.23. The van der Waals surface area contributed by atoms with Crippen LogP contribution in [0.2, 0.25) is 0 Å². The van der Waals surface area contributed by atoms with Crippen LogP contribution in [-0.4, -0.2) is 15.0 Å². The molecule has 0 fully saturated rings. The predicted molar refractivity (Wildman–Crippen MR) is 132 cm³/mol. The molecule has 4 aromatic rings. The lowest BCUT2D eigenvalue weighted by molar-refractivity contribution is 0.590. The molecule has 1 aromatic heterocycles. The Morgan fingerprint density at radius 1 is 0.594 bits per heavy atom. The molecule has 4 rings (SSSR count). The maximum atomic E-state index is 4.69. The minimum absolute atomic E-state index is 0.0996. The zero-order chi connectivity index (χ0) is 22.4. The summed E-state index contributed by atoms with van der Waals surface area (Å²) in [6.07, 6.45) is 0. The van der Waals surface area contributed by atoms with Crippen LogP contribution in [0, 0.1) is 0 Å². The monoisotopic (exact) mass is 423 g/mol. The summed E-state index contributed by atoms with van der Waals surface area (Å²) in [6, 6.07) is 28.9. The highest BCUT2D eigenvalue weighted by Crippen LogP contribution is 2.25. The molecule has 5 heteroatoms. The molecule has 2 N–H and O–H groups in total. The Morgan fingerprint density at radius 2 is 1.06 bits per heavy atom. The largest absolute Gasteiger partial charge is 0.350 e. The number of anilines is 2. The number of hydrogen-bond acceptors (Lipinski definition) is 5. The van der Waals surface area contributed by atoms with Crippen molar-refractivity contribution in [1.82, 2.24) is 15.0 Å². The highest BCUT2D eigenvalue weighted by molar-refractivity contribution is 5.59. The van der Waals surface area contributed by atoms with Gasteiger partial charge in [0, 0.05) is 18.7 Å². The van der Waals surface area contributed by atoms with E-state index in [0.717, 1.165) is 5.56 Å². The molecule has 0 saturated heterocycles. The molecule has 3 aromatic carbocycles. The van der Waals surface area contributed by atoms with E-state index in [0.29, 0.717) is 30.8 Å². The first-order valence-electron chi connectivity index (χ1n) is 10.9. The topological polar surface area (TPSA) is 62.7 Å². The molecule has 0 radical (unpaired) electrons. The van der Waals surface area contributed by atoms with Crippen molar-refractivity contribution in [3.8, 4) is 11.4 Å². The van der Waals surface area contributed by atoms with Gasteiger partial charge in [0.05, 0.1) is 0 Å². The van der Waals surface area contributed by atoms with Crippen LogP contribution in [0.25, 0.3) is 11.4 Å². The lowest BCUT2D eigenvalue weighted by Gasteiger charge is -2.19. The minimum Gasteiger partial charge on any atom is -0.350 e. The zero-order valence-electron chi connectivity index (χ0n) is 18.8. The average molecular weight is 424 g/mol. The van der Waals surface area contributed by atoms with Gasteiger partial charge < -0.3 is 10.6 Å². The molecule has 32 heavy (non-hydrogen) atoms. The first kappa shape index (κ1) is 21.5. The number of aromatic nitrogens is 3. The summed E-state index contributed by atoms with van der Waals surface area (Å²) in [5, 5.41) is 6.69. The van der Waals surface area contributed by atoms with Gasteiger partial charge >= 0.3 is 0 Å². The molecule has 0 amide bonds. The van der Waals surface area contributed by atoms with Crippen LogP contribution in [0.1, 0.15) is 37.5 Å². The summed E-state index contributed by atoms with van der Waals surface area (Å²) in [5.74, 6) is 1.75. The highest BCUT2D eigenvalue weighted by Gasteiger charge is 2.14. The van der Waals surface area contributed by atoms with Gasteiger partial charge in [-0.25, -0.2) is 0 Å². The van der Waals surface area contributed by atoms with Crippen molar-refractivity contribution in [2.75, 3.05) is 10.6 Å². The first-order chi connectivity index (χ1) is 15.5. The fourth-order valence-corrected chi connectivity index (χ4v) is 3.34. The van der Waals surface area contributed by atoms with E-state index in [1.807, 2.05) is 36.4 Å². The molecule has 0 unspecified atom stereocenters. The van der Waals surface area contributed by atoms with Gasteiger partial charge in [0.15, 0.2) is 5.82 Å². The van der Waals surface area contributed by atoms with Crippen LogP contribution in [0.15, 0.2) is 84.9 Å². The van der Waals surface area contributed by atoms with Gasteiger partial charge in [0.25, 0.3) is 0 Å². The van der Waals surface area contributed by atoms with E-state index in [4.69, 9.17) is 9.97 Å². The summed E-state index contributed by atoms with van der Waals surface area (Å²) < 4.78 is 0. The van der Waals surface area contributed by atoms with Gasteiger partial charge in [0.1, 0.15) is 0 Å². The second kappa shape index (κ2) is 9.60. The van der Waals surface area contributed by atoms with Gasteiger partial charge in [-0.1, -0.05) is 106 Å². The Morgan fingerprint density at radius 3 is 1.50 bits per heavy atom. The van der Waals surface area contributed by atoms with E-state index >= 15 is 0 Å². The van der Waals surface area contributed by atoms with E-state index in [-0.39, 0.29) is 5.41 Å². The lowest BCUT2D eigenvalue weighted by atomic mass is 9.87. The third kappa shape index (κ3) is 5.70. The average Bonchev–Trinajstić information content (AvgIpc) is 2.82. The molecule has 0 saturated carbocycles. The number of rotatable bonds is 7. The highest BCUT2D eigenvalue weighted by atomic mass is 15.2. The Kier molecular flexibility index (Phi) is 6.45. The van der Waals surface area contributed by atoms with Gasteiger partial charge in [-0.15, -0.1) is 0 Å². The zero-order valence-corrected chi connectivity index (χ0v) is 18.8. The number of hydrogen-bond donors (Lipinski definition) is 2. The van der Waals surface area contributed by atoms with Crippen molar-refractivity contribution in [1.29, 1.82) is 0 Å². The number of nitrogens with zero attached hydrogens (tertiary/aromatic N) is 3. The van der Waals surface area contributed by atoms with E-state index in [1.54, 1.807) is 0 Å². The molecule has 0 bridgehead atoms. The second-order valence-electron chi connectivity index (χ2n) is 8.81. The lowest BCUT2D eigenvalue weighted by Crippen LogP contribution is -2.11. The normalized spacial score (nSPS) is 11.2. The van der Waals surface area contributed by atoms with Crippen molar-refractivity contribution < 1.29 is 0 Å². The Hall–Kier alpha value is -3.73. The van der Waals surface area contributed by atoms with Crippen LogP contribution in [-0.2, 0) is 18.5 Å². The first-order valence-corrected chi connectivity index (χ1v) is 10.9. The SMILES string of the molecule is CC(C)(C)c1ccc(-c2nc(NCc3ccccc3)nc(NCc3ccccc3)n2)cc1. The Labute approximate surface area is 190 Å². The molecule has 0 aliphatic carbocycles. The van der Waals surface area contributed by atoms with Crippen LogP contribution >= 0.6 is 0 Å². The number of nitrogens with one attached hydrogen (secondary N) is 2. The maximum absolute atomic E-state index is 4.69. The van der Waals surface area contributed by atoms with Crippen molar-refractivity contribution in [2.24, 2.45) is 0 Å². The van der Waals surface area contributed by atoms with Gasteiger partial charge in [-0.05, 0) is 22.1 Å². The predicted octanol–water partition coefficient (Wildman–Crippen LogP) is 6.06. The molecule has 162 valence electrons. The van der Waals surface area contributed by atoms with Crippen LogP contribution in [0.4, 0.5) is 11.9 Å². The maximum Gasteiger partial charge on any atom is 0.228 e. The fourth-order valence-electron chi connectivity index (χ4n) is 3.34. The molecule has 0 spiro atoms. The van der Waals surface area contributed by atoms with Crippen LogP contribution < -0.4 is 10.6 Å². The Balaban J connectivity index is 1.60. The van der Waals surface area contributed by atoms with Crippen molar-refractivity contribution in [2.45, 2.75) is 39.3 Å². The Bertz CT molecular complexity index is 1070. The van der Waals surface area contributed by atoms with Crippen LogP contribution in [0.3, 0.4) is 0 Å². The molecule has 0 aliphatic rings.